The molecule has 0 radical (unpaired) electrons. The lowest BCUT2D eigenvalue weighted by Crippen LogP contribution is -2.37. The van der Waals surface area contributed by atoms with Crippen molar-refractivity contribution in [2.45, 2.75) is 6.92 Å². The second-order valence-electron chi connectivity index (χ2n) is 4.76. The van der Waals surface area contributed by atoms with Gasteiger partial charge in [-0.05, 0) is 14.0 Å². The first-order valence-electron chi connectivity index (χ1n) is 6.75. The van der Waals surface area contributed by atoms with Crippen LogP contribution in [0.5, 0.6) is 0 Å². The number of aromatic nitrogens is 2. The van der Waals surface area contributed by atoms with E-state index in [0.29, 0.717) is 0 Å². The normalized spacial score (nSPS) is 15.6. The van der Waals surface area contributed by atoms with Crippen LogP contribution in [0.3, 0.4) is 0 Å². The molecule has 0 saturated carbocycles. The van der Waals surface area contributed by atoms with Gasteiger partial charge in [0.25, 0.3) is 0 Å². The average molecular weight is 265 g/mol. The Morgan fingerprint density at radius 3 is 2.79 bits per heavy atom. The van der Waals surface area contributed by atoms with Crippen molar-refractivity contribution >= 4 is 11.6 Å². The fraction of sp³-hybridized carbons (Fsp3) is 0.692. The number of hydrogen-bond donors (Lipinski definition) is 1. The Kier molecular flexibility index (Phi) is 4.93. The minimum absolute atomic E-state index is 0.772. The molecular formula is C13H23N5O. The molecule has 0 atom stereocenters. The molecular weight excluding hydrogens is 242 g/mol. The van der Waals surface area contributed by atoms with Gasteiger partial charge in [-0.25, -0.2) is 9.97 Å². The van der Waals surface area contributed by atoms with Crippen molar-refractivity contribution in [3.63, 3.8) is 0 Å². The molecule has 6 heteroatoms. The summed E-state index contributed by atoms with van der Waals surface area (Å²) >= 11 is 0. The topological polar surface area (TPSA) is 53.5 Å². The van der Waals surface area contributed by atoms with E-state index < -0.39 is 0 Å². The number of nitrogens with one attached hydrogen (secondary N) is 1. The molecule has 19 heavy (non-hydrogen) atoms. The third-order valence-electron chi connectivity index (χ3n) is 3.23. The first-order valence-corrected chi connectivity index (χ1v) is 6.75. The Labute approximate surface area is 114 Å². The lowest BCUT2D eigenvalue weighted by molar-refractivity contribution is 0.122. The van der Waals surface area contributed by atoms with Crippen molar-refractivity contribution in [3.05, 3.63) is 11.9 Å². The lowest BCUT2D eigenvalue weighted by atomic mass is 10.3. The van der Waals surface area contributed by atoms with Crippen LogP contribution < -0.4 is 15.1 Å². The van der Waals surface area contributed by atoms with E-state index in [9.17, 15) is 0 Å². The number of anilines is 2. The Hall–Kier alpha value is -1.40. The number of rotatable bonds is 5. The van der Waals surface area contributed by atoms with E-state index in [-0.39, 0.29) is 0 Å². The van der Waals surface area contributed by atoms with Crippen molar-refractivity contribution in [2.75, 3.05) is 63.3 Å². The van der Waals surface area contributed by atoms with Gasteiger partial charge in [-0.2, -0.15) is 0 Å². The van der Waals surface area contributed by atoms with E-state index in [1.165, 1.54) is 0 Å². The molecule has 0 aliphatic carbocycles. The average Bonchev–Trinajstić information content (AvgIpc) is 2.45. The van der Waals surface area contributed by atoms with E-state index in [0.717, 1.165) is 56.9 Å². The third kappa shape index (κ3) is 3.78. The summed E-state index contributed by atoms with van der Waals surface area (Å²) < 4.78 is 5.38. The van der Waals surface area contributed by atoms with Crippen LogP contribution >= 0.6 is 0 Å². The van der Waals surface area contributed by atoms with Crippen LogP contribution in [0.2, 0.25) is 0 Å². The van der Waals surface area contributed by atoms with Gasteiger partial charge >= 0.3 is 0 Å². The van der Waals surface area contributed by atoms with Gasteiger partial charge in [0.15, 0.2) is 0 Å². The quantitative estimate of drug-likeness (QED) is 0.825. The zero-order valence-corrected chi connectivity index (χ0v) is 12.0. The molecule has 0 bridgehead atoms. The van der Waals surface area contributed by atoms with Crippen LogP contribution in [0.1, 0.15) is 5.82 Å². The smallest absolute Gasteiger partial charge is 0.134 e. The Morgan fingerprint density at radius 2 is 2.11 bits per heavy atom. The number of aryl methyl sites for hydroxylation is 1. The Balaban J connectivity index is 2.13. The fourth-order valence-electron chi connectivity index (χ4n) is 2.08. The van der Waals surface area contributed by atoms with Crippen molar-refractivity contribution in [3.8, 4) is 0 Å². The summed E-state index contributed by atoms with van der Waals surface area (Å²) in [6, 6.07) is 2.06. The van der Waals surface area contributed by atoms with Gasteiger partial charge in [0.1, 0.15) is 17.5 Å². The van der Waals surface area contributed by atoms with Gasteiger partial charge in [0.2, 0.25) is 0 Å². The number of morpholine rings is 1. The summed E-state index contributed by atoms with van der Waals surface area (Å²) in [4.78, 5) is 13.5. The Morgan fingerprint density at radius 1 is 1.37 bits per heavy atom. The highest BCUT2D eigenvalue weighted by atomic mass is 16.5. The maximum atomic E-state index is 5.38. The summed E-state index contributed by atoms with van der Waals surface area (Å²) in [6.45, 7) is 7.15. The molecule has 0 amide bonds. The summed E-state index contributed by atoms with van der Waals surface area (Å²) in [5, 5.41) is 3.15. The maximum Gasteiger partial charge on any atom is 0.134 e. The molecule has 1 aromatic rings. The molecule has 106 valence electrons. The first kappa shape index (κ1) is 14.0. The van der Waals surface area contributed by atoms with Gasteiger partial charge in [0, 0.05) is 39.3 Å². The van der Waals surface area contributed by atoms with Crippen LogP contribution in [-0.4, -0.2) is 63.5 Å². The minimum atomic E-state index is 0.772. The summed E-state index contributed by atoms with van der Waals surface area (Å²) in [6.07, 6.45) is 0. The van der Waals surface area contributed by atoms with Crippen LogP contribution in [0.4, 0.5) is 11.6 Å². The van der Waals surface area contributed by atoms with Crippen LogP contribution in [0.25, 0.3) is 0 Å². The zero-order valence-electron chi connectivity index (χ0n) is 12.0. The van der Waals surface area contributed by atoms with Crippen LogP contribution in [0, 0.1) is 6.92 Å². The molecule has 1 fully saturated rings. The van der Waals surface area contributed by atoms with Crippen LogP contribution in [0.15, 0.2) is 6.07 Å². The van der Waals surface area contributed by atoms with Crippen LogP contribution in [-0.2, 0) is 4.74 Å². The fourth-order valence-corrected chi connectivity index (χ4v) is 2.08. The number of ether oxygens (including phenoxy) is 1. The van der Waals surface area contributed by atoms with Crippen molar-refractivity contribution in [1.82, 2.24) is 15.3 Å². The van der Waals surface area contributed by atoms with Gasteiger partial charge in [-0.3, -0.25) is 0 Å². The molecule has 6 nitrogen and oxygen atoms in total. The minimum Gasteiger partial charge on any atom is -0.378 e. The third-order valence-corrected chi connectivity index (χ3v) is 3.23. The van der Waals surface area contributed by atoms with Gasteiger partial charge in [-0.1, -0.05) is 0 Å². The van der Waals surface area contributed by atoms with E-state index in [2.05, 4.69) is 38.2 Å². The predicted octanol–water partition coefficient (Wildman–Crippen LogP) is 0.277. The SMILES string of the molecule is CNCCN(C)c1cc(N2CCOCC2)nc(C)n1. The predicted molar refractivity (Wildman–Crippen MR) is 77.0 cm³/mol. The monoisotopic (exact) mass is 265 g/mol. The molecule has 1 aromatic heterocycles. The summed E-state index contributed by atoms with van der Waals surface area (Å²) in [5.41, 5.74) is 0. The molecule has 0 aromatic carbocycles. The standard InChI is InChI=1S/C13H23N5O/c1-11-15-12(17(3)5-4-14-2)10-13(16-11)18-6-8-19-9-7-18/h10,14H,4-9H2,1-3H3. The van der Waals surface area contributed by atoms with E-state index in [4.69, 9.17) is 4.74 Å². The molecule has 1 aliphatic rings. The summed E-state index contributed by atoms with van der Waals surface area (Å²) in [5.74, 6) is 2.79. The number of likely N-dealkylation sites (N-methyl/N-ethyl adjacent to an activating group) is 2. The lowest BCUT2D eigenvalue weighted by Gasteiger charge is -2.29. The van der Waals surface area contributed by atoms with Crippen molar-refractivity contribution < 1.29 is 4.74 Å². The first-order chi connectivity index (χ1) is 9.20. The van der Waals surface area contributed by atoms with E-state index >= 15 is 0 Å². The molecule has 2 heterocycles. The van der Waals surface area contributed by atoms with Gasteiger partial charge in [-0.15, -0.1) is 0 Å². The van der Waals surface area contributed by atoms with E-state index in [1.807, 2.05) is 14.0 Å². The highest BCUT2D eigenvalue weighted by molar-refractivity contribution is 5.50. The van der Waals surface area contributed by atoms with E-state index in [1.54, 1.807) is 0 Å². The van der Waals surface area contributed by atoms with Crippen molar-refractivity contribution in [2.24, 2.45) is 0 Å². The molecule has 1 aliphatic heterocycles. The number of hydrogen-bond acceptors (Lipinski definition) is 6. The second-order valence-corrected chi connectivity index (χ2v) is 4.76. The molecule has 1 N–H and O–H groups in total. The highest BCUT2D eigenvalue weighted by Gasteiger charge is 2.15. The highest BCUT2D eigenvalue weighted by Crippen LogP contribution is 2.19. The second kappa shape index (κ2) is 6.68. The zero-order chi connectivity index (χ0) is 13.7. The largest absolute Gasteiger partial charge is 0.378 e. The maximum absolute atomic E-state index is 5.38. The molecule has 2 rings (SSSR count). The summed E-state index contributed by atoms with van der Waals surface area (Å²) in [7, 11) is 4.01. The molecule has 0 spiro atoms. The van der Waals surface area contributed by atoms with Gasteiger partial charge in [0.05, 0.1) is 13.2 Å². The Bertz CT molecular complexity index is 406. The number of nitrogens with zero attached hydrogens (tertiary/aromatic N) is 4. The van der Waals surface area contributed by atoms with Gasteiger partial charge < -0.3 is 19.9 Å². The van der Waals surface area contributed by atoms with Crippen molar-refractivity contribution in [1.29, 1.82) is 0 Å². The molecule has 0 unspecified atom stereocenters. The molecule has 1 saturated heterocycles.